The van der Waals surface area contributed by atoms with Crippen LogP contribution in [-0.2, 0) is 14.8 Å². The zero-order valence-corrected chi connectivity index (χ0v) is 16.0. The van der Waals surface area contributed by atoms with Gasteiger partial charge in [-0.25, -0.2) is 8.42 Å². The number of carbonyl (C=O) groups is 1. The molecule has 1 heterocycles. The second kappa shape index (κ2) is 7.48. The van der Waals surface area contributed by atoms with Crippen LogP contribution in [0, 0.1) is 6.92 Å². The molecule has 0 bridgehead atoms. The van der Waals surface area contributed by atoms with E-state index >= 15 is 0 Å². The fraction of sp³-hybridized carbons (Fsp3) is 0.316. The van der Waals surface area contributed by atoms with E-state index in [0.717, 1.165) is 10.7 Å². The standard InChI is InChI=1S/C19H22N2O5S/c1-3-10-20-19(23)17-12-21(14-6-4-5-7-16(14)26-17)27(24,25)18-11-13(2)8-9-15(18)22/h4-9,11,17,22H,3,10,12H2,1-2H3,(H,20,23)/t17-/m1/s1. The van der Waals surface area contributed by atoms with Gasteiger partial charge >= 0.3 is 0 Å². The molecule has 1 amide bonds. The predicted molar refractivity (Wildman–Crippen MR) is 102 cm³/mol. The van der Waals surface area contributed by atoms with Crippen molar-refractivity contribution in [2.75, 3.05) is 17.4 Å². The molecule has 1 atom stereocenters. The normalized spacial score (nSPS) is 16.4. The van der Waals surface area contributed by atoms with Crippen LogP contribution in [0.25, 0.3) is 0 Å². The zero-order chi connectivity index (χ0) is 19.6. The Kier molecular flexibility index (Phi) is 5.27. The molecule has 7 nitrogen and oxygen atoms in total. The molecule has 0 saturated heterocycles. The Balaban J connectivity index is 2.04. The van der Waals surface area contributed by atoms with E-state index in [2.05, 4.69) is 5.32 Å². The lowest BCUT2D eigenvalue weighted by Gasteiger charge is -2.34. The molecule has 1 aliphatic rings. The van der Waals surface area contributed by atoms with Gasteiger partial charge in [0, 0.05) is 6.54 Å². The molecule has 1 aliphatic heterocycles. The lowest BCUT2D eigenvalue weighted by atomic mass is 10.2. The van der Waals surface area contributed by atoms with Gasteiger partial charge < -0.3 is 15.2 Å². The smallest absolute Gasteiger partial charge is 0.268 e. The van der Waals surface area contributed by atoms with Gasteiger partial charge in [-0.2, -0.15) is 0 Å². The van der Waals surface area contributed by atoms with Crippen molar-refractivity contribution < 1.29 is 23.1 Å². The fourth-order valence-corrected chi connectivity index (χ4v) is 4.52. The van der Waals surface area contributed by atoms with Gasteiger partial charge in [-0.1, -0.05) is 25.1 Å². The Morgan fingerprint density at radius 2 is 2.04 bits per heavy atom. The van der Waals surface area contributed by atoms with Crippen LogP contribution in [-0.4, -0.2) is 38.6 Å². The molecule has 0 spiro atoms. The lowest BCUT2D eigenvalue weighted by Crippen LogP contribution is -2.50. The Hall–Kier alpha value is -2.74. The number of nitrogens with zero attached hydrogens (tertiary/aromatic N) is 1. The van der Waals surface area contributed by atoms with Gasteiger partial charge in [-0.05, 0) is 43.2 Å². The van der Waals surface area contributed by atoms with E-state index in [9.17, 15) is 18.3 Å². The Labute approximate surface area is 158 Å². The van der Waals surface area contributed by atoms with Gasteiger partial charge in [0.25, 0.3) is 15.9 Å². The lowest BCUT2D eigenvalue weighted by molar-refractivity contribution is -0.127. The number of aryl methyl sites for hydroxylation is 1. The van der Waals surface area contributed by atoms with Crippen LogP contribution >= 0.6 is 0 Å². The Morgan fingerprint density at radius 3 is 2.78 bits per heavy atom. The number of nitrogens with one attached hydrogen (secondary N) is 1. The summed E-state index contributed by atoms with van der Waals surface area (Å²) in [6.45, 7) is 3.97. The number of hydrogen-bond donors (Lipinski definition) is 2. The number of benzene rings is 2. The van der Waals surface area contributed by atoms with Crippen molar-refractivity contribution in [1.82, 2.24) is 5.32 Å². The molecule has 0 aromatic heterocycles. The number of rotatable bonds is 5. The number of phenols is 1. The third kappa shape index (κ3) is 3.71. The van der Waals surface area contributed by atoms with Gasteiger partial charge in [-0.15, -0.1) is 0 Å². The van der Waals surface area contributed by atoms with Gasteiger partial charge in [0.15, 0.2) is 6.10 Å². The summed E-state index contributed by atoms with van der Waals surface area (Å²) in [6.07, 6.45) is -0.220. The molecular weight excluding hydrogens is 368 g/mol. The minimum Gasteiger partial charge on any atom is -0.507 e. The summed E-state index contributed by atoms with van der Waals surface area (Å²) in [5.74, 6) is -0.410. The number of anilines is 1. The quantitative estimate of drug-likeness (QED) is 0.816. The molecule has 0 radical (unpaired) electrons. The first-order valence-electron chi connectivity index (χ1n) is 8.70. The maximum absolute atomic E-state index is 13.3. The molecule has 27 heavy (non-hydrogen) atoms. The zero-order valence-electron chi connectivity index (χ0n) is 15.2. The molecule has 2 N–H and O–H groups in total. The molecule has 0 fully saturated rings. The second-order valence-corrected chi connectivity index (χ2v) is 8.20. The van der Waals surface area contributed by atoms with Gasteiger partial charge in [-0.3, -0.25) is 9.10 Å². The first-order valence-corrected chi connectivity index (χ1v) is 10.1. The monoisotopic (exact) mass is 390 g/mol. The van der Waals surface area contributed by atoms with Crippen LogP contribution in [0.15, 0.2) is 47.4 Å². The van der Waals surface area contributed by atoms with Crippen molar-refractivity contribution >= 4 is 21.6 Å². The third-order valence-corrected chi connectivity index (χ3v) is 6.07. The van der Waals surface area contributed by atoms with Crippen LogP contribution in [0.2, 0.25) is 0 Å². The summed E-state index contributed by atoms with van der Waals surface area (Å²) >= 11 is 0. The molecular formula is C19H22N2O5S. The summed E-state index contributed by atoms with van der Waals surface area (Å²) in [4.78, 5) is 12.2. The molecule has 0 saturated carbocycles. The third-order valence-electron chi connectivity index (χ3n) is 4.26. The highest BCUT2D eigenvalue weighted by atomic mass is 32.2. The highest BCUT2D eigenvalue weighted by Gasteiger charge is 2.38. The van der Waals surface area contributed by atoms with Crippen molar-refractivity contribution in [2.45, 2.75) is 31.3 Å². The minimum absolute atomic E-state index is 0.178. The van der Waals surface area contributed by atoms with Crippen molar-refractivity contribution in [2.24, 2.45) is 0 Å². The maximum atomic E-state index is 13.3. The predicted octanol–water partition coefficient (Wildman–Crippen LogP) is 2.18. The van der Waals surface area contributed by atoms with Crippen LogP contribution in [0.4, 0.5) is 5.69 Å². The molecule has 144 valence electrons. The molecule has 3 rings (SSSR count). The van der Waals surface area contributed by atoms with Crippen molar-refractivity contribution in [3.63, 3.8) is 0 Å². The first-order chi connectivity index (χ1) is 12.8. The topological polar surface area (TPSA) is 95.9 Å². The summed E-state index contributed by atoms with van der Waals surface area (Å²) in [6, 6.07) is 11.0. The summed E-state index contributed by atoms with van der Waals surface area (Å²) < 4.78 is 33.4. The SMILES string of the molecule is CCCNC(=O)[C@H]1CN(S(=O)(=O)c2cc(C)ccc2O)c2ccccc2O1. The Bertz CT molecular complexity index is 958. The van der Waals surface area contributed by atoms with Gasteiger partial charge in [0.05, 0.1) is 12.2 Å². The van der Waals surface area contributed by atoms with E-state index in [0.29, 0.717) is 23.5 Å². The van der Waals surface area contributed by atoms with E-state index in [-0.39, 0.29) is 23.1 Å². The maximum Gasteiger partial charge on any atom is 0.268 e. The number of aromatic hydroxyl groups is 1. The molecule has 2 aromatic carbocycles. The average molecular weight is 390 g/mol. The molecule has 0 aliphatic carbocycles. The minimum atomic E-state index is -4.09. The summed E-state index contributed by atoms with van der Waals surface area (Å²) in [5, 5.41) is 12.9. The first kappa shape index (κ1) is 19.0. The van der Waals surface area contributed by atoms with Crippen LogP contribution in [0.3, 0.4) is 0 Å². The number of phenolic OH excluding ortho intramolecular Hbond substituents is 1. The fourth-order valence-electron chi connectivity index (χ4n) is 2.88. The number of sulfonamides is 1. The number of carbonyl (C=O) groups excluding carboxylic acids is 1. The Morgan fingerprint density at radius 1 is 1.30 bits per heavy atom. The number of hydrogen-bond acceptors (Lipinski definition) is 5. The van der Waals surface area contributed by atoms with Crippen LogP contribution in [0.5, 0.6) is 11.5 Å². The number of ether oxygens (including phenoxy) is 1. The number of para-hydroxylation sites is 2. The highest BCUT2D eigenvalue weighted by Crippen LogP contribution is 2.38. The highest BCUT2D eigenvalue weighted by molar-refractivity contribution is 7.93. The van der Waals surface area contributed by atoms with E-state index in [1.807, 2.05) is 6.92 Å². The van der Waals surface area contributed by atoms with Crippen LogP contribution < -0.4 is 14.4 Å². The van der Waals surface area contributed by atoms with Gasteiger partial charge in [0.2, 0.25) is 0 Å². The second-order valence-electron chi connectivity index (χ2n) is 6.37. The van der Waals surface area contributed by atoms with Gasteiger partial charge in [0.1, 0.15) is 16.4 Å². The van der Waals surface area contributed by atoms with E-state index in [4.69, 9.17) is 4.74 Å². The summed E-state index contributed by atoms with van der Waals surface area (Å²) in [5.41, 5.74) is 1.03. The van der Waals surface area contributed by atoms with E-state index in [1.54, 1.807) is 37.3 Å². The number of amides is 1. The van der Waals surface area contributed by atoms with E-state index < -0.39 is 16.1 Å². The molecule has 0 unspecified atom stereocenters. The van der Waals surface area contributed by atoms with Crippen molar-refractivity contribution in [3.8, 4) is 11.5 Å². The van der Waals surface area contributed by atoms with Crippen molar-refractivity contribution in [3.05, 3.63) is 48.0 Å². The number of fused-ring (bicyclic) bond motifs is 1. The summed E-state index contributed by atoms with van der Waals surface area (Å²) in [7, 11) is -4.09. The van der Waals surface area contributed by atoms with Crippen molar-refractivity contribution in [1.29, 1.82) is 0 Å². The largest absolute Gasteiger partial charge is 0.507 e. The molecule has 2 aromatic rings. The van der Waals surface area contributed by atoms with E-state index in [1.165, 1.54) is 12.1 Å². The molecule has 8 heteroatoms. The average Bonchev–Trinajstić information content (AvgIpc) is 2.66. The van der Waals surface area contributed by atoms with Crippen LogP contribution in [0.1, 0.15) is 18.9 Å².